The van der Waals surface area contributed by atoms with Crippen LogP contribution in [0.1, 0.15) is 16.1 Å². The zero-order valence-corrected chi connectivity index (χ0v) is 11.7. The first-order valence-electron chi connectivity index (χ1n) is 6.61. The second kappa shape index (κ2) is 5.33. The van der Waals surface area contributed by atoms with Crippen molar-refractivity contribution in [1.82, 2.24) is 9.97 Å². The van der Waals surface area contributed by atoms with Crippen molar-refractivity contribution < 1.29 is 15.0 Å². The Hall–Kier alpha value is -3.15. The van der Waals surface area contributed by atoms with E-state index in [0.717, 1.165) is 5.52 Å². The highest BCUT2D eigenvalue weighted by atomic mass is 16.4. The van der Waals surface area contributed by atoms with Crippen LogP contribution < -0.4 is 5.32 Å². The Balaban J connectivity index is 2.04. The number of nitrogens with zero attached hydrogens (tertiary/aromatic N) is 2. The molecule has 2 aromatic carbocycles. The normalized spacial score (nSPS) is 10.6. The minimum atomic E-state index is -1.07. The van der Waals surface area contributed by atoms with Gasteiger partial charge in [-0.05, 0) is 37.3 Å². The van der Waals surface area contributed by atoms with Crippen LogP contribution in [0.3, 0.4) is 0 Å². The van der Waals surface area contributed by atoms with Gasteiger partial charge in [0.2, 0.25) is 0 Å². The maximum Gasteiger partial charge on any atom is 0.335 e. The fourth-order valence-electron chi connectivity index (χ4n) is 2.10. The SMILES string of the molecule is Cc1nc2ccccc2nc1Nc1cc(C(=O)O)ccc1O. The smallest absolute Gasteiger partial charge is 0.335 e. The minimum absolute atomic E-state index is 0.0561. The average molecular weight is 295 g/mol. The molecule has 0 atom stereocenters. The minimum Gasteiger partial charge on any atom is -0.506 e. The summed E-state index contributed by atoms with van der Waals surface area (Å²) in [6, 6.07) is 11.5. The highest BCUT2D eigenvalue weighted by molar-refractivity contribution is 5.90. The van der Waals surface area contributed by atoms with Crippen LogP contribution in [0.2, 0.25) is 0 Å². The number of carbonyl (C=O) groups is 1. The summed E-state index contributed by atoms with van der Waals surface area (Å²) in [7, 11) is 0. The molecule has 6 nitrogen and oxygen atoms in total. The molecule has 0 amide bonds. The number of aromatic hydroxyl groups is 1. The van der Waals surface area contributed by atoms with E-state index in [2.05, 4.69) is 15.3 Å². The van der Waals surface area contributed by atoms with Gasteiger partial charge in [-0.1, -0.05) is 12.1 Å². The number of aryl methyl sites for hydroxylation is 1. The van der Waals surface area contributed by atoms with Gasteiger partial charge < -0.3 is 15.5 Å². The van der Waals surface area contributed by atoms with Crippen LogP contribution in [0.5, 0.6) is 5.75 Å². The summed E-state index contributed by atoms with van der Waals surface area (Å²) in [5.41, 5.74) is 2.48. The van der Waals surface area contributed by atoms with E-state index in [-0.39, 0.29) is 17.0 Å². The van der Waals surface area contributed by atoms with Crippen LogP contribution in [0.4, 0.5) is 11.5 Å². The van der Waals surface area contributed by atoms with Crippen molar-refractivity contribution >= 4 is 28.5 Å². The lowest BCUT2D eigenvalue weighted by molar-refractivity contribution is 0.0697. The number of hydrogen-bond acceptors (Lipinski definition) is 5. The third kappa shape index (κ3) is 2.54. The topological polar surface area (TPSA) is 95.3 Å². The van der Waals surface area contributed by atoms with Crippen LogP contribution in [0.15, 0.2) is 42.5 Å². The number of fused-ring (bicyclic) bond motifs is 1. The molecule has 0 radical (unpaired) electrons. The predicted molar refractivity (Wildman–Crippen MR) is 82.6 cm³/mol. The van der Waals surface area contributed by atoms with Crippen molar-refractivity contribution in [3.63, 3.8) is 0 Å². The monoisotopic (exact) mass is 295 g/mol. The summed E-state index contributed by atoms with van der Waals surface area (Å²) >= 11 is 0. The molecule has 3 N–H and O–H groups in total. The van der Waals surface area contributed by atoms with Gasteiger partial charge in [-0.25, -0.2) is 14.8 Å². The van der Waals surface area contributed by atoms with Gasteiger partial charge in [0, 0.05) is 0 Å². The standard InChI is InChI=1S/C16H13N3O3/c1-9-15(18-12-5-3-2-4-11(12)17-9)19-13-8-10(16(21)22)6-7-14(13)20/h2-8,20H,1H3,(H,18,19)(H,21,22). The van der Waals surface area contributed by atoms with Crippen molar-refractivity contribution in [1.29, 1.82) is 0 Å². The summed E-state index contributed by atoms with van der Waals surface area (Å²) < 4.78 is 0. The van der Waals surface area contributed by atoms with Gasteiger partial charge in [-0.3, -0.25) is 0 Å². The van der Waals surface area contributed by atoms with E-state index >= 15 is 0 Å². The van der Waals surface area contributed by atoms with Gasteiger partial charge in [0.05, 0.1) is 28.0 Å². The van der Waals surface area contributed by atoms with Crippen molar-refractivity contribution in [3.05, 3.63) is 53.7 Å². The summed E-state index contributed by atoms with van der Waals surface area (Å²) in [6.07, 6.45) is 0. The molecule has 3 rings (SSSR count). The molecule has 0 aliphatic heterocycles. The van der Waals surface area contributed by atoms with E-state index in [9.17, 15) is 9.90 Å². The number of carboxylic acid groups (broad SMARTS) is 1. The molecule has 0 aliphatic rings. The number of hydrogen-bond donors (Lipinski definition) is 3. The second-order valence-electron chi connectivity index (χ2n) is 4.81. The summed E-state index contributed by atoms with van der Waals surface area (Å²) in [4.78, 5) is 19.9. The Bertz CT molecular complexity index is 878. The van der Waals surface area contributed by atoms with Gasteiger partial charge in [-0.15, -0.1) is 0 Å². The Morgan fingerprint density at radius 2 is 1.77 bits per heavy atom. The third-order valence-electron chi connectivity index (χ3n) is 3.24. The molecular formula is C16H13N3O3. The zero-order chi connectivity index (χ0) is 15.7. The number of phenols is 1. The molecule has 0 fully saturated rings. The molecule has 110 valence electrons. The van der Waals surface area contributed by atoms with E-state index < -0.39 is 5.97 Å². The molecule has 22 heavy (non-hydrogen) atoms. The van der Waals surface area contributed by atoms with Gasteiger partial charge in [0.1, 0.15) is 5.75 Å². The molecule has 0 saturated heterocycles. The Labute approximate surface area is 126 Å². The Morgan fingerprint density at radius 3 is 2.45 bits per heavy atom. The number of aromatic carboxylic acids is 1. The van der Waals surface area contributed by atoms with Crippen molar-refractivity contribution in [2.75, 3.05) is 5.32 Å². The number of carboxylic acids is 1. The number of phenolic OH excluding ortho intramolecular Hbond substituents is 1. The van der Waals surface area contributed by atoms with Crippen LogP contribution in [-0.4, -0.2) is 26.2 Å². The number of aromatic nitrogens is 2. The molecule has 6 heteroatoms. The fraction of sp³-hybridized carbons (Fsp3) is 0.0625. The Kier molecular flexibility index (Phi) is 3.34. The number of anilines is 2. The van der Waals surface area contributed by atoms with Crippen molar-refractivity contribution in [2.45, 2.75) is 6.92 Å². The lowest BCUT2D eigenvalue weighted by Crippen LogP contribution is -2.02. The molecule has 0 spiro atoms. The van der Waals surface area contributed by atoms with Crippen molar-refractivity contribution in [3.8, 4) is 5.75 Å². The van der Waals surface area contributed by atoms with Crippen molar-refractivity contribution in [2.24, 2.45) is 0 Å². The second-order valence-corrected chi connectivity index (χ2v) is 4.81. The molecule has 0 saturated carbocycles. The number of nitrogens with one attached hydrogen (secondary N) is 1. The van der Waals surface area contributed by atoms with Gasteiger partial charge >= 0.3 is 5.97 Å². The first-order valence-corrected chi connectivity index (χ1v) is 6.61. The lowest BCUT2D eigenvalue weighted by Gasteiger charge is -2.11. The quantitative estimate of drug-likeness (QED) is 0.643. The predicted octanol–water partition coefficient (Wildman–Crippen LogP) is 3.09. The zero-order valence-electron chi connectivity index (χ0n) is 11.7. The highest BCUT2D eigenvalue weighted by Crippen LogP contribution is 2.28. The molecule has 1 heterocycles. The molecule has 0 bridgehead atoms. The summed E-state index contributed by atoms with van der Waals surface area (Å²) in [6.45, 7) is 1.79. The van der Waals surface area contributed by atoms with Gasteiger partial charge in [0.15, 0.2) is 5.82 Å². The Morgan fingerprint density at radius 1 is 1.09 bits per heavy atom. The van der Waals surface area contributed by atoms with Gasteiger partial charge in [0.25, 0.3) is 0 Å². The van der Waals surface area contributed by atoms with E-state index in [4.69, 9.17) is 5.11 Å². The summed E-state index contributed by atoms with van der Waals surface area (Å²) in [5, 5.41) is 21.8. The fourth-order valence-corrected chi connectivity index (χ4v) is 2.10. The highest BCUT2D eigenvalue weighted by Gasteiger charge is 2.11. The molecule has 0 unspecified atom stereocenters. The number of rotatable bonds is 3. The molecule has 1 aromatic heterocycles. The van der Waals surface area contributed by atoms with Gasteiger partial charge in [-0.2, -0.15) is 0 Å². The van der Waals surface area contributed by atoms with Crippen LogP contribution in [0.25, 0.3) is 11.0 Å². The first-order chi connectivity index (χ1) is 10.5. The molecule has 0 aliphatic carbocycles. The molecule has 3 aromatic rings. The third-order valence-corrected chi connectivity index (χ3v) is 3.24. The van der Waals surface area contributed by atoms with E-state index in [1.165, 1.54) is 18.2 Å². The van der Waals surface area contributed by atoms with E-state index in [1.807, 2.05) is 24.3 Å². The maximum absolute atomic E-state index is 11.0. The maximum atomic E-state index is 11.0. The number of para-hydroxylation sites is 2. The summed E-state index contributed by atoms with van der Waals surface area (Å²) in [5.74, 6) is -0.653. The molecular weight excluding hydrogens is 282 g/mol. The lowest BCUT2D eigenvalue weighted by atomic mass is 10.2. The van der Waals surface area contributed by atoms with E-state index in [1.54, 1.807) is 6.92 Å². The number of benzene rings is 2. The largest absolute Gasteiger partial charge is 0.506 e. The van der Waals surface area contributed by atoms with Crippen LogP contribution in [-0.2, 0) is 0 Å². The van der Waals surface area contributed by atoms with Crippen LogP contribution in [0, 0.1) is 6.92 Å². The first kappa shape index (κ1) is 13.8. The van der Waals surface area contributed by atoms with Crippen LogP contribution >= 0.6 is 0 Å². The van der Waals surface area contributed by atoms with E-state index in [0.29, 0.717) is 17.0 Å². The average Bonchev–Trinajstić information content (AvgIpc) is 2.50.